The van der Waals surface area contributed by atoms with E-state index in [1.165, 1.54) is 12.3 Å². The first-order valence-corrected chi connectivity index (χ1v) is 7.66. The topological polar surface area (TPSA) is 16.1 Å². The fourth-order valence-electron chi connectivity index (χ4n) is 2.19. The zero-order valence-corrected chi connectivity index (χ0v) is 13.4. The Bertz CT molecular complexity index is 436. The molecule has 1 saturated heterocycles. The first-order valence-electron chi connectivity index (χ1n) is 6.08. The summed E-state index contributed by atoms with van der Waals surface area (Å²) < 4.78 is 25.9. The predicted octanol–water partition coefficient (Wildman–Crippen LogP) is 4.87. The molecule has 2 nitrogen and oxygen atoms in total. The number of nitrogens with zero attached hydrogens (tertiary/aromatic N) is 2. The first-order chi connectivity index (χ1) is 9.06. The van der Waals surface area contributed by atoms with Crippen LogP contribution in [0.25, 0.3) is 0 Å². The highest BCUT2D eigenvalue weighted by atomic mass is 79.9. The van der Waals surface area contributed by atoms with Crippen molar-refractivity contribution >= 4 is 37.7 Å². The van der Waals surface area contributed by atoms with Gasteiger partial charge in [0.1, 0.15) is 5.82 Å². The molecule has 0 aliphatic carbocycles. The highest BCUT2D eigenvalue weighted by Crippen LogP contribution is 2.27. The molecular weight excluding hydrogens is 382 g/mol. The average Bonchev–Trinajstić information content (AvgIpc) is 2.39. The summed E-state index contributed by atoms with van der Waals surface area (Å²) in [7, 11) is 0. The molecule has 0 saturated carbocycles. The molecule has 0 N–H and O–H groups in total. The second-order valence-electron chi connectivity index (χ2n) is 4.53. The third-order valence-corrected chi connectivity index (χ3v) is 3.78. The van der Waals surface area contributed by atoms with Gasteiger partial charge < -0.3 is 4.90 Å². The molecule has 0 amide bonds. The number of hydrogen-bond acceptors (Lipinski definition) is 2. The number of anilines is 1. The van der Waals surface area contributed by atoms with E-state index in [9.17, 15) is 8.78 Å². The van der Waals surface area contributed by atoms with Crippen LogP contribution in [-0.2, 0) is 0 Å². The number of piperidine rings is 1. The van der Waals surface area contributed by atoms with E-state index in [0.717, 1.165) is 35.1 Å². The van der Waals surface area contributed by atoms with Crippen LogP contribution in [0.2, 0.25) is 0 Å². The quantitative estimate of drug-likeness (QED) is 0.725. The summed E-state index contributed by atoms with van der Waals surface area (Å²) in [6, 6.07) is 3.13. The number of allylic oxidation sites excluding steroid dienone is 1. The van der Waals surface area contributed by atoms with Gasteiger partial charge in [-0.15, -0.1) is 0 Å². The van der Waals surface area contributed by atoms with Gasteiger partial charge in [0.15, 0.2) is 0 Å². The zero-order valence-electron chi connectivity index (χ0n) is 10.2. The Morgan fingerprint density at radius 1 is 1.32 bits per heavy atom. The van der Waals surface area contributed by atoms with E-state index >= 15 is 0 Å². The molecule has 0 aromatic carbocycles. The largest absolute Gasteiger partial charge is 0.357 e. The second kappa shape index (κ2) is 6.79. The fraction of sp³-hybridized carbons (Fsp3) is 0.462. The van der Waals surface area contributed by atoms with E-state index in [-0.39, 0.29) is 5.56 Å². The Hall–Kier alpha value is -0.490. The normalized spacial score (nSPS) is 16.8. The summed E-state index contributed by atoms with van der Waals surface area (Å²) in [5, 5.41) is 0. The number of rotatable bonds is 3. The molecule has 0 atom stereocenters. The van der Waals surface area contributed by atoms with Crippen LogP contribution in [0.4, 0.5) is 14.6 Å². The summed E-state index contributed by atoms with van der Waals surface area (Å²) in [6.07, 6.45) is 3.05. The number of pyridine rings is 1. The first kappa shape index (κ1) is 14.9. The summed E-state index contributed by atoms with van der Waals surface area (Å²) in [4.78, 5) is 6.26. The smallest absolute Gasteiger partial charge is 0.265 e. The molecule has 19 heavy (non-hydrogen) atoms. The maximum Gasteiger partial charge on any atom is 0.265 e. The van der Waals surface area contributed by atoms with Crippen molar-refractivity contribution in [3.05, 3.63) is 33.4 Å². The zero-order chi connectivity index (χ0) is 13.8. The van der Waals surface area contributed by atoms with Crippen molar-refractivity contribution in [2.45, 2.75) is 19.3 Å². The van der Waals surface area contributed by atoms with Crippen LogP contribution in [0.1, 0.15) is 24.8 Å². The van der Waals surface area contributed by atoms with Crippen molar-refractivity contribution in [3.63, 3.8) is 0 Å². The van der Waals surface area contributed by atoms with Crippen LogP contribution in [0.15, 0.2) is 27.8 Å². The van der Waals surface area contributed by atoms with Crippen molar-refractivity contribution in [3.8, 4) is 0 Å². The van der Waals surface area contributed by atoms with Gasteiger partial charge in [-0.3, -0.25) is 0 Å². The highest BCUT2D eigenvalue weighted by molar-refractivity contribution is 9.28. The van der Waals surface area contributed by atoms with Crippen molar-refractivity contribution in [1.29, 1.82) is 0 Å². The Balaban J connectivity index is 1.96. The molecule has 1 fully saturated rings. The lowest BCUT2D eigenvalue weighted by Crippen LogP contribution is -2.33. The van der Waals surface area contributed by atoms with Gasteiger partial charge in [-0.2, -0.15) is 0 Å². The average molecular weight is 396 g/mol. The van der Waals surface area contributed by atoms with E-state index in [4.69, 9.17) is 0 Å². The fourth-order valence-corrected chi connectivity index (χ4v) is 2.93. The van der Waals surface area contributed by atoms with Crippen molar-refractivity contribution in [2.24, 2.45) is 5.92 Å². The lowest BCUT2D eigenvalue weighted by molar-refractivity contribution is 0.151. The highest BCUT2D eigenvalue weighted by Gasteiger charge is 2.19. The van der Waals surface area contributed by atoms with Gasteiger partial charge in [0, 0.05) is 24.8 Å². The van der Waals surface area contributed by atoms with Gasteiger partial charge in [0.05, 0.1) is 3.39 Å². The third kappa shape index (κ3) is 4.24. The van der Waals surface area contributed by atoms with Gasteiger partial charge in [-0.1, -0.05) is 6.08 Å². The number of aromatic nitrogens is 1. The monoisotopic (exact) mass is 394 g/mol. The van der Waals surface area contributed by atoms with E-state index in [0.29, 0.717) is 5.92 Å². The van der Waals surface area contributed by atoms with Crippen LogP contribution in [-0.4, -0.2) is 18.1 Å². The van der Waals surface area contributed by atoms with Gasteiger partial charge >= 0.3 is 0 Å². The lowest BCUT2D eigenvalue weighted by Gasteiger charge is -2.31. The lowest BCUT2D eigenvalue weighted by atomic mass is 9.97. The molecular formula is C13H14Br2F2N2. The number of hydrogen-bond donors (Lipinski definition) is 0. The molecule has 0 unspecified atom stereocenters. The minimum absolute atomic E-state index is 0.0233. The predicted molar refractivity (Wildman–Crippen MR) is 80.1 cm³/mol. The van der Waals surface area contributed by atoms with E-state index < -0.39 is 6.43 Å². The van der Waals surface area contributed by atoms with Gasteiger partial charge in [-0.25, -0.2) is 13.8 Å². The standard InChI is InChI=1S/C13H14Br2F2N2/c14-11(15)7-9-3-5-19(6-4-9)12-2-1-10(8-18-12)13(16)17/h1-2,7-9,13H,3-6H2. The Morgan fingerprint density at radius 2 is 2.00 bits per heavy atom. The number of halogens is 4. The van der Waals surface area contributed by atoms with E-state index in [2.05, 4.69) is 47.8 Å². The molecule has 1 aliphatic rings. The summed E-state index contributed by atoms with van der Waals surface area (Å²) in [5.41, 5.74) is -0.0233. The number of alkyl halides is 2. The van der Waals surface area contributed by atoms with Crippen LogP contribution in [0, 0.1) is 5.92 Å². The van der Waals surface area contributed by atoms with Gasteiger partial charge in [0.25, 0.3) is 6.43 Å². The molecule has 104 valence electrons. The second-order valence-corrected chi connectivity index (χ2v) is 7.30. The van der Waals surface area contributed by atoms with Gasteiger partial charge in [0.2, 0.25) is 0 Å². The SMILES string of the molecule is FC(F)c1ccc(N2CCC(C=C(Br)Br)CC2)nc1. The molecule has 0 spiro atoms. The van der Waals surface area contributed by atoms with Crippen LogP contribution >= 0.6 is 31.9 Å². The van der Waals surface area contributed by atoms with Crippen LogP contribution in [0.3, 0.4) is 0 Å². The Morgan fingerprint density at radius 3 is 2.47 bits per heavy atom. The molecule has 1 aromatic rings. The molecule has 2 heterocycles. The van der Waals surface area contributed by atoms with Crippen molar-refractivity contribution in [1.82, 2.24) is 4.98 Å². The minimum Gasteiger partial charge on any atom is -0.357 e. The molecule has 0 bridgehead atoms. The molecule has 2 rings (SSSR count). The van der Waals surface area contributed by atoms with Gasteiger partial charge in [-0.05, 0) is 62.8 Å². The van der Waals surface area contributed by atoms with E-state index in [1.54, 1.807) is 6.07 Å². The summed E-state index contributed by atoms with van der Waals surface area (Å²) >= 11 is 6.74. The molecule has 0 radical (unpaired) electrons. The molecule has 1 aromatic heterocycles. The maximum absolute atomic E-state index is 12.4. The Labute approximate surface area is 128 Å². The van der Waals surface area contributed by atoms with Crippen molar-refractivity contribution < 1.29 is 8.78 Å². The van der Waals surface area contributed by atoms with E-state index in [1.807, 2.05) is 0 Å². The summed E-state index contributed by atoms with van der Waals surface area (Å²) in [6.45, 7) is 1.80. The van der Waals surface area contributed by atoms with Crippen molar-refractivity contribution in [2.75, 3.05) is 18.0 Å². The minimum atomic E-state index is -2.45. The van der Waals surface area contributed by atoms with Crippen LogP contribution < -0.4 is 4.90 Å². The molecule has 1 aliphatic heterocycles. The van der Waals surface area contributed by atoms with Crippen LogP contribution in [0.5, 0.6) is 0 Å². The molecule has 6 heteroatoms. The Kier molecular flexibility index (Phi) is 5.33. The maximum atomic E-state index is 12.4. The summed E-state index contributed by atoms with van der Waals surface area (Å²) in [5.74, 6) is 1.33. The third-order valence-electron chi connectivity index (χ3n) is 3.25.